The summed E-state index contributed by atoms with van der Waals surface area (Å²) in [6.45, 7) is 0.191. The number of rotatable bonds is 5. The van der Waals surface area contributed by atoms with Crippen molar-refractivity contribution < 1.29 is 18.4 Å². The van der Waals surface area contributed by atoms with Gasteiger partial charge in [0.2, 0.25) is 11.8 Å². The molecule has 1 aromatic heterocycles. The number of halogens is 3. The predicted molar refractivity (Wildman–Crippen MR) is 103 cm³/mol. The minimum Gasteiger partial charge on any atom is -0.348 e. The number of nitrogens with zero attached hydrogens (tertiary/aromatic N) is 5. The Bertz CT molecular complexity index is 1100. The van der Waals surface area contributed by atoms with E-state index in [9.17, 15) is 18.4 Å². The van der Waals surface area contributed by atoms with E-state index in [0.29, 0.717) is 10.7 Å². The number of carbonyl (C=O) groups is 2. The van der Waals surface area contributed by atoms with Crippen molar-refractivity contribution in [3.05, 3.63) is 64.9 Å². The molecule has 0 spiro atoms. The Morgan fingerprint density at radius 2 is 1.87 bits per heavy atom. The van der Waals surface area contributed by atoms with Gasteiger partial charge in [0.1, 0.15) is 0 Å². The first-order chi connectivity index (χ1) is 14.4. The number of amides is 2. The highest BCUT2D eigenvalue weighted by atomic mass is 35.5. The van der Waals surface area contributed by atoms with Gasteiger partial charge in [-0.15, -0.1) is 5.10 Å². The SMILES string of the molecule is O=C(NCc1nnnn1-c1ccc(F)c(F)c1)[C@@H]1CC(=O)N(c2ccc(Cl)cc2)C1. The van der Waals surface area contributed by atoms with Crippen LogP contribution in [-0.2, 0) is 16.1 Å². The molecule has 0 radical (unpaired) electrons. The zero-order chi connectivity index (χ0) is 21.3. The van der Waals surface area contributed by atoms with Crippen LogP contribution in [0.5, 0.6) is 0 Å². The van der Waals surface area contributed by atoms with Crippen LogP contribution >= 0.6 is 11.6 Å². The van der Waals surface area contributed by atoms with E-state index in [1.54, 1.807) is 24.3 Å². The van der Waals surface area contributed by atoms with E-state index < -0.39 is 17.6 Å². The molecule has 1 N–H and O–H groups in total. The second-order valence-corrected chi connectivity index (χ2v) is 7.14. The molecular weight excluding hydrogens is 418 g/mol. The van der Waals surface area contributed by atoms with E-state index >= 15 is 0 Å². The van der Waals surface area contributed by atoms with Crippen LogP contribution < -0.4 is 10.2 Å². The normalized spacial score (nSPS) is 16.2. The van der Waals surface area contributed by atoms with Crippen LogP contribution in [0.1, 0.15) is 12.2 Å². The summed E-state index contributed by atoms with van der Waals surface area (Å²) in [5.41, 5.74) is 0.884. The van der Waals surface area contributed by atoms with Crippen molar-refractivity contribution in [2.24, 2.45) is 5.92 Å². The lowest BCUT2D eigenvalue weighted by Crippen LogP contribution is -2.33. The first-order valence-corrected chi connectivity index (χ1v) is 9.36. The van der Waals surface area contributed by atoms with Gasteiger partial charge in [0.15, 0.2) is 17.5 Å². The summed E-state index contributed by atoms with van der Waals surface area (Å²) in [7, 11) is 0. The Morgan fingerprint density at radius 1 is 1.13 bits per heavy atom. The molecule has 0 unspecified atom stereocenters. The van der Waals surface area contributed by atoms with Gasteiger partial charge in [0, 0.05) is 29.7 Å². The standard InChI is InChI=1S/C19H15ClF2N6O2/c20-12-1-3-13(4-2-12)27-10-11(7-18(27)29)19(30)23-9-17-24-25-26-28(17)14-5-6-15(21)16(22)8-14/h1-6,8,11H,7,9-10H2,(H,23,30)/t11-/m1/s1. The molecule has 2 amide bonds. The number of nitrogens with one attached hydrogen (secondary N) is 1. The summed E-state index contributed by atoms with van der Waals surface area (Å²) in [6.07, 6.45) is 0.0720. The molecule has 1 aliphatic heterocycles. The third-order valence-electron chi connectivity index (χ3n) is 4.74. The van der Waals surface area contributed by atoms with E-state index in [2.05, 4.69) is 20.8 Å². The van der Waals surface area contributed by atoms with Gasteiger partial charge in [0.05, 0.1) is 18.2 Å². The summed E-state index contributed by atoms with van der Waals surface area (Å²) in [5, 5.41) is 14.3. The fourth-order valence-electron chi connectivity index (χ4n) is 3.20. The zero-order valence-corrected chi connectivity index (χ0v) is 16.2. The van der Waals surface area contributed by atoms with Crippen molar-refractivity contribution in [1.82, 2.24) is 25.5 Å². The van der Waals surface area contributed by atoms with Crippen LogP contribution in [0.3, 0.4) is 0 Å². The molecule has 4 rings (SSSR count). The second kappa shape index (κ2) is 8.15. The number of hydrogen-bond acceptors (Lipinski definition) is 5. The van der Waals surface area contributed by atoms with Crippen LogP contribution in [0.4, 0.5) is 14.5 Å². The highest BCUT2D eigenvalue weighted by molar-refractivity contribution is 6.30. The minimum atomic E-state index is -1.04. The summed E-state index contributed by atoms with van der Waals surface area (Å²) in [5.74, 6) is -2.83. The van der Waals surface area contributed by atoms with Crippen LogP contribution in [0.2, 0.25) is 5.02 Å². The van der Waals surface area contributed by atoms with E-state index in [0.717, 1.165) is 12.1 Å². The maximum absolute atomic E-state index is 13.5. The highest BCUT2D eigenvalue weighted by Gasteiger charge is 2.35. The average Bonchev–Trinajstić information content (AvgIpc) is 3.35. The number of carbonyl (C=O) groups excluding carboxylic acids is 2. The van der Waals surface area contributed by atoms with Gasteiger partial charge >= 0.3 is 0 Å². The smallest absolute Gasteiger partial charge is 0.227 e. The maximum Gasteiger partial charge on any atom is 0.227 e. The molecule has 154 valence electrons. The third kappa shape index (κ3) is 3.99. The van der Waals surface area contributed by atoms with Crippen LogP contribution in [0, 0.1) is 17.6 Å². The van der Waals surface area contributed by atoms with Crippen molar-refractivity contribution in [1.29, 1.82) is 0 Å². The van der Waals surface area contributed by atoms with E-state index in [-0.39, 0.29) is 42.8 Å². The lowest BCUT2D eigenvalue weighted by atomic mass is 10.1. The largest absolute Gasteiger partial charge is 0.348 e. The second-order valence-electron chi connectivity index (χ2n) is 6.70. The van der Waals surface area contributed by atoms with Gasteiger partial charge < -0.3 is 10.2 Å². The summed E-state index contributed by atoms with van der Waals surface area (Å²) < 4.78 is 27.8. The van der Waals surface area contributed by atoms with Gasteiger partial charge in [-0.05, 0) is 46.8 Å². The number of anilines is 1. The molecule has 0 saturated carbocycles. The lowest BCUT2D eigenvalue weighted by molar-refractivity contribution is -0.126. The van der Waals surface area contributed by atoms with Crippen LogP contribution in [-0.4, -0.2) is 38.6 Å². The summed E-state index contributed by atoms with van der Waals surface area (Å²) in [6, 6.07) is 10.0. The van der Waals surface area contributed by atoms with Crippen molar-refractivity contribution in [3.8, 4) is 5.69 Å². The van der Waals surface area contributed by atoms with Gasteiger partial charge in [-0.1, -0.05) is 11.6 Å². The lowest BCUT2D eigenvalue weighted by Gasteiger charge is -2.16. The molecule has 2 aromatic carbocycles. The first-order valence-electron chi connectivity index (χ1n) is 8.98. The molecule has 30 heavy (non-hydrogen) atoms. The molecule has 11 heteroatoms. The summed E-state index contributed by atoms with van der Waals surface area (Å²) >= 11 is 5.87. The van der Waals surface area contributed by atoms with Crippen molar-refractivity contribution >= 4 is 29.1 Å². The van der Waals surface area contributed by atoms with Gasteiger partial charge in [-0.3, -0.25) is 9.59 Å². The first kappa shape index (κ1) is 19.9. The van der Waals surface area contributed by atoms with Gasteiger partial charge in [0.25, 0.3) is 0 Å². The quantitative estimate of drug-likeness (QED) is 0.667. The Morgan fingerprint density at radius 3 is 2.60 bits per heavy atom. The van der Waals surface area contributed by atoms with Crippen molar-refractivity contribution in [3.63, 3.8) is 0 Å². The van der Waals surface area contributed by atoms with Gasteiger partial charge in [-0.2, -0.15) is 4.68 Å². The highest BCUT2D eigenvalue weighted by Crippen LogP contribution is 2.26. The zero-order valence-electron chi connectivity index (χ0n) is 15.4. The predicted octanol–water partition coefficient (Wildman–Crippen LogP) is 2.26. The Kier molecular flexibility index (Phi) is 5.40. The molecule has 1 aliphatic rings. The number of aromatic nitrogens is 4. The van der Waals surface area contributed by atoms with E-state index in [1.807, 2.05) is 0 Å². The van der Waals surface area contributed by atoms with Crippen molar-refractivity contribution in [2.45, 2.75) is 13.0 Å². The number of hydrogen-bond donors (Lipinski definition) is 1. The van der Waals surface area contributed by atoms with E-state index in [1.165, 1.54) is 15.6 Å². The monoisotopic (exact) mass is 432 g/mol. The Labute approximate surface area is 174 Å². The molecule has 0 aliphatic carbocycles. The third-order valence-corrected chi connectivity index (χ3v) is 4.99. The van der Waals surface area contributed by atoms with Crippen molar-refractivity contribution in [2.75, 3.05) is 11.4 Å². The average molecular weight is 433 g/mol. The Balaban J connectivity index is 1.41. The molecule has 3 aromatic rings. The molecule has 1 atom stereocenters. The number of benzene rings is 2. The van der Waals surface area contributed by atoms with E-state index in [4.69, 9.17) is 11.6 Å². The minimum absolute atomic E-state index is 0.0452. The molecule has 0 bridgehead atoms. The Hall–Kier alpha value is -3.40. The molecule has 2 heterocycles. The van der Waals surface area contributed by atoms with Crippen LogP contribution in [0.15, 0.2) is 42.5 Å². The van der Waals surface area contributed by atoms with Gasteiger partial charge in [-0.25, -0.2) is 8.78 Å². The molecule has 1 fully saturated rings. The molecule has 8 nitrogen and oxygen atoms in total. The summed E-state index contributed by atoms with van der Waals surface area (Å²) in [4.78, 5) is 26.4. The number of tetrazole rings is 1. The fourth-order valence-corrected chi connectivity index (χ4v) is 3.32. The maximum atomic E-state index is 13.5. The molecule has 1 saturated heterocycles. The fraction of sp³-hybridized carbons (Fsp3) is 0.211. The molecular formula is C19H15ClF2N6O2. The topological polar surface area (TPSA) is 93.0 Å². The van der Waals surface area contributed by atoms with Crippen LogP contribution in [0.25, 0.3) is 5.69 Å².